The van der Waals surface area contributed by atoms with Gasteiger partial charge in [0.15, 0.2) is 5.78 Å². The molecule has 0 aromatic heterocycles. The predicted molar refractivity (Wildman–Crippen MR) is 267 cm³/mol. The van der Waals surface area contributed by atoms with Crippen LogP contribution in [0.2, 0.25) is 0 Å². The molecule has 0 saturated carbocycles. The van der Waals surface area contributed by atoms with Gasteiger partial charge in [-0.05, 0) is 59.3 Å². The van der Waals surface area contributed by atoms with Crippen LogP contribution in [0, 0.1) is 5.41 Å². The zero-order valence-electron chi connectivity index (χ0n) is 43.6. The van der Waals surface area contributed by atoms with Crippen molar-refractivity contribution in [2.24, 2.45) is 5.41 Å². The van der Waals surface area contributed by atoms with E-state index in [1.165, 1.54) is 57.8 Å². The van der Waals surface area contributed by atoms with E-state index in [4.69, 9.17) is 24.1 Å². The monoisotopic (exact) mass is 986 g/mol. The lowest BCUT2D eigenvalue weighted by Crippen LogP contribution is -2.50. The Morgan fingerprint density at radius 2 is 0.841 bits per heavy atom. The molecule has 18 heteroatoms. The van der Waals surface area contributed by atoms with E-state index < -0.39 is 23.4 Å². The van der Waals surface area contributed by atoms with Crippen LogP contribution in [0.3, 0.4) is 0 Å². The van der Waals surface area contributed by atoms with Crippen LogP contribution in [-0.4, -0.2) is 142 Å². The Morgan fingerprint density at radius 3 is 1.28 bits per heavy atom. The highest BCUT2D eigenvalue weighted by atomic mass is 16.5. The van der Waals surface area contributed by atoms with Gasteiger partial charge in [-0.15, -0.1) is 0 Å². The average Bonchev–Trinajstić information content (AvgIpc) is 3.27. The Labute approximate surface area is 414 Å². The topological polar surface area (TPSA) is 257 Å². The molecule has 0 fully saturated rings. The number of carboxylic acids is 2. The van der Waals surface area contributed by atoms with Crippen LogP contribution >= 0.6 is 0 Å². The second kappa shape index (κ2) is 42.0. The van der Waals surface area contributed by atoms with Crippen molar-refractivity contribution >= 4 is 41.4 Å². The Hall–Kier alpha value is -3.71. The molecule has 0 heterocycles. The van der Waals surface area contributed by atoms with Crippen molar-refractivity contribution in [1.82, 2.24) is 26.6 Å². The summed E-state index contributed by atoms with van der Waals surface area (Å²) in [6.07, 6.45) is 20.5. The number of ether oxygens (including phenoxy) is 4. The number of Topliss-reactive ketones (excluding diaryl/α,β-unsaturated/α-hetero) is 1. The third-order valence-corrected chi connectivity index (χ3v) is 11.1. The minimum absolute atomic E-state index is 0.0240. The molecule has 0 radical (unpaired) electrons. The van der Waals surface area contributed by atoms with Crippen LogP contribution in [0.25, 0.3) is 0 Å². The lowest BCUT2D eigenvalue weighted by Gasteiger charge is -2.31. The van der Waals surface area contributed by atoms with Crippen molar-refractivity contribution in [2.75, 3.05) is 72.5 Å². The van der Waals surface area contributed by atoms with Crippen LogP contribution < -0.4 is 26.6 Å². The summed E-state index contributed by atoms with van der Waals surface area (Å²) in [5.74, 6) is -2.91. The largest absolute Gasteiger partial charge is 0.481 e. The van der Waals surface area contributed by atoms with E-state index in [-0.39, 0.29) is 133 Å². The summed E-state index contributed by atoms with van der Waals surface area (Å²) in [7, 11) is 0. The first-order chi connectivity index (χ1) is 32.8. The maximum atomic E-state index is 12.9. The number of carboxylic acid groups (broad SMARTS) is 2. The molecule has 2 atom stereocenters. The molecule has 0 unspecified atom stereocenters. The fraction of sp³-hybridized carbons (Fsp3) is 0.863. The van der Waals surface area contributed by atoms with Crippen LogP contribution in [-0.2, 0) is 52.5 Å². The summed E-state index contributed by atoms with van der Waals surface area (Å²) in [6.45, 7) is 14.0. The second-order valence-corrected chi connectivity index (χ2v) is 20.0. The Morgan fingerprint density at radius 1 is 0.420 bits per heavy atom. The molecule has 0 aromatic carbocycles. The maximum absolute atomic E-state index is 12.9. The molecule has 0 saturated heterocycles. The minimum atomic E-state index is -1.18. The quantitative estimate of drug-likeness (QED) is 0.0326. The Kier molecular flexibility index (Phi) is 39.8. The van der Waals surface area contributed by atoms with E-state index in [1.54, 1.807) is 0 Å². The van der Waals surface area contributed by atoms with Gasteiger partial charge in [0, 0.05) is 49.9 Å². The van der Waals surface area contributed by atoms with Gasteiger partial charge in [0.05, 0.1) is 45.7 Å². The van der Waals surface area contributed by atoms with E-state index >= 15 is 0 Å². The first kappa shape index (κ1) is 65.3. The molecule has 69 heavy (non-hydrogen) atoms. The zero-order valence-corrected chi connectivity index (χ0v) is 43.6. The van der Waals surface area contributed by atoms with Crippen LogP contribution in [0.4, 0.5) is 0 Å². The standard InChI is InChI=1S/C51H95N5O13/c1-50(2,3)48(63)41(56-51(4,5)6)25-23-24-30-52-45(59)39-68-37-36-67-34-32-54-46(60)40-69-38-35-66-33-31-53-43(57)29-28-42(49(64)65)55-44(58)26-21-19-17-15-13-11-9-7-8-10-12-14-16-18-20-22-27-47(61)62/h41-42,56H,7-40H2,1-6H3,(H,52,59)(H,53,57)(H,54,60)(H,55,58)(H,61,62)(H,64,65)/t41-,42-/m0/s1. The highest BCUT2D eigenvalue weighted by molar-refractivity contribution is 5.88. The second-order valence-electron chi connectivity index (χ2n) is 20.0. The number of amides is 4. The molecule has 18 nitrogen and oxygen atoms in total. The number of ketones is 1. The molecule has 402 valence electrons. The molecule has 0 spiro atoms. The summed E-state index contributed by atoms with van der Waals surface area (Å²) in [4.78, 5) is 83.8. The number of carbonyl (C=O) groups excluding carboxylic acids is 5. The zero-order chi connectivity index (χ0) is 51.6. The molecule has 0 bridgehead atoms. The molecule has 7 N–H and O–H groups in total. The van der Waals surface area contributed by atoms with Crippen LogP contribution in [0.15, 0.2) is 0 Å². The van der Waals surface area contributed by atoms with E-state index in [1.807, 2.05) is 41.5 Å². The lowest BCUT2D eigenvalue weighted by atomic mass is 9.84. The third-order valence-electron chi connectivity index (χ3n) is 11.1. The van der Waals surface area contributed by atoms with E-state index in [9.17, 15) is 38.7 Å². The molecule has 4 amide bonds. The lowest BCUT2D eigenvalue weighted by molar-refractivity contribution is -0.142. The van der Waals surface area contributed by atoms with Gasteiger partial charge in [0.2, 0.25) is 23.6 Å². The Balaban J connectivity index is 3.73. The summed E-state index contributed by atoms with van der Waals surface area (Å²) in [6, 6.07) is -1.37. The number of nitrogens with one attached hydrogen (secondary N) is 5. The molecule has 0 rings (SSSR count). The molecular weight excluding hydrogens is 891 g/mol. The number of hydrogen-bond donors (Lipinski definition) is 7. The van der Waals surface area contributed by atoms with E-state index in [0.717, 1.165) is 51.4 Å². The number of carbonyl (C=O) groups is 7. The average molecular weight is 986 g/mol. The maximum Gasteiger partial charge on any atom is 0.326 e. The van der Waals surface area contributed by atoms with Gasteiger partial charge in [-0.3, -0.25) is 28.8 Å². The smallest absolute Gasteiger partial charge is 0.326 e. The summed E-state index contributed by atoms with van der Waals surface area (Å²) in [5.41, 5.74) is -0.612. The third kappa shape index (κ3) is 44.0. The summed E-state index contributed by atoms with van der Waals surface area (Å²) < 4.78 is 21.5. The van der Waals surface area contributed by atoms with Gasteiger partial charge >= 0.3 is 11.9 Å². The Bertz CT molecular complexity index is 1400. The normalized spacial score (nSPS) is 12.6. The van der Waals surface area contributed by atoms with E-state index in [2.05, 4.69) is 26.6 Å². The first-order valence-electron chi connectivity index (χ1n) is 26.0. The summed E-state index contributed by atoms with van der Waals surface area (Å²) >= 11 is 0. The number of unbranched alkanes of at least 4 members (excludes halogenated alkanes) is 16. The molecule has 0 aliphatic heterocycles. The van der Waals surface area contributed by atoms with Crippen LogP contribution in [0.1, 0.15) is 189 Å². The molecule has 0 aromatic rings. The fourth-order valence-electron chi connectivity index (χ4n) is 7.34. The highest BCUT2D eigenvalue weighted by Gasteiger charge is 2.31. The minimum Gasteiger partial charge on any atom is -0.481 e. The SMILES string of the molecule is CC(C)(C)N[C@@H](CCCCNC(=O)COCCOCCNC(=O)COCCOCCNC(=O)CC[C@H](NC(=O)CCCCCCCCCCCCCCCCCCC(=O)O)C(=O)O)C(=O)C(C)(C)C. The van der Waals surface area contributed by atoms with Crippen molar-refractivity contribution in [3.8, 4) is 0 Å². The number of hydrogen-bond acceptors (Lipinski definition) is 12. The van der Waals surface area contributed by atoms with Crippen molar-refractivity contribution in [2.45, 2.75) is 207 Å². The van der Waals surface area contributed by atoms with Gasteiger partial charge in [-0.1, -0.05) is 111 Å². The van der Waals surface area contributed by atoms with Gasteiger partial charge in [0.1, 0.15) is 19.3 Å². The van der Waals surface area contributed by atoms with Crippen LogP contribution in [0.5, 0.6) is 0 Å². The highest BCUT2D eigenvalue weighted by Crippen LogP contribution is 2.21. The van der Waals surface area contributed by atoms with Crippen molar-refractivity contribution in [3.63, 3.8) is 0 Å². The van der Waals surface area contributed by atoms with E-state index in [0.29, 0.717) is 19.4 Å². The van der Waals surface area contributed by atoms with Crippen molar-refractivity contribution in [1.29, 1.82) is 0 Å². The predicted octanol–water partition coefficient (Wildman–Crippen LogP) is 6.40. The van der Waals surface area contributed by atoms with Gasteiger partial charge in [-0.25, -0.2) is 4.79 Å². The van der Waals surface area contributed by atoms with Gasteiger partial charge in [-0.2, -0.15) is 0 Å². The number of rotatable bonds is 47. The number of aliphatic carboxylic acids is 2. The fourth-order valence-corrected chi connectivity index (χ4v) is 7.34. The van der Waals surface area contributed by atoms with Gasteiger partial charge in [0.25, 0.3) is 0 Å². The summed E-state index contributed by atoms with van der Waals surface area (Å²) in [5, 5.41) is 32.4. The molecule has 0 aliphatic carbocycles. The first-order valence-corrected chi connectivity index (χ1v) is 26.0. The van der Waals surface area contributed by atoms with Crippen molar-refractivity contribution in [3.05, 3.63) is 0 Å². The molecule has 0 aliphatic rings. The molecular formula is C51H95N5O13. The van der Waals surface area contributed by atoms with Gasteiger partial charge < -0.3 is 55.7 Å². The van der Waals surface area contributed by atoms with Crippen molar-refractivity contribution < 1.29 is 62.7 Å².